The predicted octanol–water partition coefficient (Wildman–Crippen LogP) is 5.83. The van der Waals surface area contributed by atoms with Crippen molar-refractivity contribution in [2.45, 2.75) is 79.1 Å². The van der Waals surface area contributed by atoms with Gasteiger partial charge in [0.15, 0.2) is 0 Å². The summed E-state index contributed by atoms with van der Waals surface area (Å²) in [6.07, 6.45) is 15.9. The lowest BCUT2D eigenvalue weighted by Gasteiger charge is -2.15. The number of hydrogen-bond acceptors (Lipinski definition) is 0. The quantitative estimate of drug-likeness (QED) is 0.387. The molecule has 0 aromatic heterocycles. The fourth-order valence-corrected chi connectivity index (χ4v) is 2.16. The monoisotopic (exact) mass is 224 g/mol. The van der Waals surface area contributed by atoms with E-state index in [0.717, 1.165) is 11.8 Å². The van der Waals surface area contributed by atoms with Gasteiger partial charge in [-0.15, -0.1) is 0 Å². The molecule has 0 amide bonds. The SMILES string of the molecule is C[CH]C(C)CC(C)C[CH]CCCCCCC. The largest absolute Gasteiger partial charge is 0.0654 e. The smallest absolute Gasteiger partial charge is 0.0383 e. The van der Waals surface area contributed by atoms with Gasteiger partial charge in [0.25, 0.3) is 0 Å². The van der Waals surface area contributed by atoms with Crippen molar-refractivity contribution in [3.63, 3.8) is 0 Å². The molecule has 16 heavy (non-hydrogen) atoms. The van der Waals surface area contributed by atoms with Crippen molar-refractivity contribution in [3.05, 3.63) is 12.8 Å². The number of rotatable bonds is 11. The van der Waals surface area contributed by atoms with Crippen molar-refractivity contribution in [1.82, 2.24) is 0 Å². The first kappa shape index (κ1) is 16.0. The van der Waals surface area contributed by atoms with Gasteiger partial charge in [-0.05, 0) is 37.5 Å². The maximum absolute atomic E-state index is 2.51. The molecule has 0 saturated heterocycles. The molecule has 0 rings (SSSR count). The topological polar surface area (TPSA) is 0 Å². The third-order valence-electron chi connectivity index (χ3n) is 3.42. The molecule has 2 unspecified atom stereocenters. The third kappa shape index (κ3) is 10.5. The molecule has 0 aliphatic heterocycles. The highest BCUT2D eigenvalue weighted by atomic mass is 14.1. The Morgan fingerprint density at radius 2 is 1.69 bits per heavy atom. The van der Waals surface area contributed by atoms with Gasteiger partial charge in [-0.25, -0.2) is 0 Å². The number of unbranched alkanes of at least 4 members (excludes halogenated alkanes) is 6. The van der Waals surface area contributed by atoms with Crippen LogP contribution in [0.4, 0.5) is 0 Å². The molecular weight excluding hydrogens is 192 g/mol. The minimum atomic E-state index is 0.785. The molecule has 0 heterocycles. The van der Waals surface area contributed by atoms with E-state index in [1.807, 2.05) is 0 Å². The Bertz CT molecular complexity index is 128. The normalized spacial score (nSPS) is 15.0. The summed E-state index contributed by atoms with van der Waals surface area (Å²) < 4.78 is 0. The second kappa shape index (κ2) is 11.5. The van der Waals surface area contributed by atoms with E-state index in [0.29, 0.717) is 0 Å². The molecule has 0 saturated carbocycles. The molecule has 96 valence electrons. The molecule has 2 radical (unpaired) electrons. The Hall–Kier alpha value is 0. The van der Waals surface area contributed by atoms with Crippen LogP contribution < -0.4 is 0 Å². The van der Waals surface area contributed by atoms with Gasteiger partial charge < -0.3 is 0 Å². The van der Waals surface area contributed by atoms with Gasteiger partial charge in [0.2, 0.25) is 0 Å². The minimum absolute atomic E-state index is 0.785. The first-order valence-corrected chi connectivity index (χ1v) is 7.31. The van der Waals surface area contributed by atoms with Crippen LogP contribution in [0.3, 0.4) is 0 Å². The summed E-state index contributed by atoms with van der Waals surface area (Å²) in [7, 11) is 0. The van der Waals surface area contributed by atoms with E-state index < -0.39 is 0 Å². The van der Waals surface area contributed by atoms with Crippen LogP contribution in [0.25, 0.3) is 0 Å². The molecule has 0 aliphatic carbocycles. The zero-order valence-corrected chi connectivity index (χ0v) is 12.0. The fraction of sp³-hybridized carbons (Fsp3) is 0.875. The van der Waals surface area contributed by atoms with Gasteiger partial charge in [-0.1, -0.05) is 66.2 Å². The van der Waals surface area contributed by atoms with Crippen molar-refractivity contribution < 1.29 is 0 Å². The van der Waals surface area contributed by atoms with Gasteiger partial charge in [-0.3, -0.25) is 0 Å². The van der Waals surface area contributed by atoms with Crippen molar-refractivity contribution in [2.75, 3.05) is 0 Å². The van der Waals surface area contributed by atoms with Crippen molar-refractivity contribution in [2.24, 2.45) is 11.8 Å². The highest BCUT2D eigenvalue weighted by Gasteiger charge is 2.06. The Morgan fingerprint density at radius 3 is 2.31 bits per heavy atom. The standard InChI is InChI=1S/C16H32/c1-5-7-8-9-10-11-12-13-16(4)14-15(3)6-2/h6,12,15-16H,5,7-11,13-14H2,1-4H3. The zero-order valence-electron chi connectivity index (χ0n) is 12.0. The molecule has 0 spiro atoms. The Morgan fingerprint density at radius 1 is 1.00 bits per heavy atom. The third-order valence-corrected chi connectivity index (χ3v) is 3.42. The summed E-state index contributed by atoms with van der Waals surface area (Å²) in [5.41, 5.74) is 0. The summed E-state index contributed by atoms with van der Waals surface area (Å²) in [5.74, 6) is 1.65. The molecule has 0 aromatic carbocycles. The van der Waals surface area contributed by atoms with Crippen LogP contribution in [-0.4, -0.2) is 0 Å². The zero-order chi connectivity index (χ0) is 12.2. The van der Waals surface area contributed by atoms with Crippen molar-refractivity contribution in [1.29, 1.82) is 0 Å². The molecule has 0 fully saturated rings. The fourth-order valence-electron chi connectivity index (χ4n) is 2.16. The number of hydrogen-bond donors (Lipinski definition) is 0. The molecule has 0 nitrogen and oxygen atoms in total. The predicted molar refractivity (Wildman–Crippen MR) is 75.2 cm³/mol. The highest BCUT2D eigenvalue weighted by Crippen LogP contribution is 2.19. The maximum atomic E-state index is 2.51. The Labute approximate surface area is 104 Å². The van der Waals surface area contributed by atoms with Crippen LogP contribution in [0.15, 0.2) is 0 Å². The van der Waals surface area contributed by atoms with Gasteiger partial charge in [-0.2, -0.15) is 0 Å². The molecule has 0 N–H and O–H groups in total. The second-order valence-electron chi connectivity index (χ2n) is 5.38. The Kier molecular flexibility index (Phi) is 11.5. The molecule has 2 atom stereocenters. The molecule has 0 heteroatoms. The van der Waals surface area contributed by atoms with Crippen LogP contribution in [0.2, 0.25) is 0 Å². The van der Waals surface area contributed by atoms with Crippen LogP contribution in [0.5, 0.6) is 0 Å². The summed E-state index contributed by atoms with van der Waals surface area (Å²) in [6.45, 7) is 9.16. The Balaban J connectivity index is 3.18. The van der Waals surface area contributed by atoms with Gasteiger partial charge in [0, 0.05) is 0 Å². The molecular formula is C16H32. The molecule has 0 bridgehead atoms. The second-order valence-corrected chi connectivity index (χ2v) is 5.38. The van der Waals surface area contributed by atoms with Crippen LogP contribution in [-0.2, 0) is 0 Å². The first-order valence-electron chi connectivity index (χ1n) is 7.31. The average molecular weight is 224 g/mol. The molecule has 0 aliphatic rings. The first-order chi connectivity index (χ1) is 7.70. The van der Waals surface area contributed by atoms with Crippen LogP contribution in [0.1, 0.15) is 79.1 Å². The lowest BCUT2D eigenvalue weighted by Crippen LogP contribution is -2.02. The summed E-state index contributed by atoms with van der Waals surface area (Å²) in [5, 5.41) is 0. The van der Waals surface area contributed by atoms with Gasteiger partial charge in [0.05, 0.1) is 0 Å². The van der Waals surface area contributed by atoms with Crippen LogP contribution in [0, 0.1) is 24.7 Å². The van der Waals surface area contributed by atoms with Crippen LogP contribution >= 0.6 is 0 Å². The average Bonchev–Trinajstić information content (AvgIpc) is 2.27. The summed E-state index contributed by atoms with van der Waals surface area (Å²) in [6, 6.07) is 0. The highest BCUT2D eigenvalue weighted by molar-refractivity contribution is 4.74. The molecule has 0 aromatic rings. The van der Waals surface area contributed by atoms with E-state index in [-0.39, 0.29) is 0 Å². The maximum Gasteiger partial charge on any atom is -0.0383 e. The van der Waals surface area contributed by atoms with E-state index in [1.165, 1.54) is 51.4 Å². The lowest BCUT2D eigenvalue weighted by molar-refractivity contribution is 0.439. The van der Waals surface area contributed by atoms with Crippen molar-refractivity contribution in [3.8, 4) is 0 Å². The van der Waals surface area contributed by atoms with Gasteiger partial charge >= 0.3 is 0 Å². The summed E-state index contributed by atoms with van der Waals surface area (Å²) >= 11 is 0. The van der Waals surface area contributed by atoms with E-state index >= 15 is 0 Å². The lowest BCUT2D eigenvalue weighted by atomic mass is 9.91. The van der Waals surface area contributed by atoms with E-state index in [2.05, 4.69) is 40.5 Å². The minimum Gasteiger partial charge on any atom is -0.0654 e. The summed E-state index contributed by atoms with van der Waals surface area (Å²) in [4.78, 5) is 0. The van der Waals surface area contributed by atoms with E-state index in [4.69, 9.17) is 0 Å². The van der Waals surface area contributed by atoms with Crippen molar-refractivity contribution >= 4 is 0 Å². The van der Waals surface area contributed by atoms with E-state index in [9.17, 15) is 0 Å². The van der Waals surface area contributed by atoms with Gasteiger partial charge in [0.1, 0.15) is 0 Å². The van der Waals surface area contributed by atoms with E-state index in [1.54, 1.807) is 0 Å².